The van der Waals surface area contributed by atoms with Gasteiger partial charge in [0.05, 0.1) is 17.5 Å². The fraction of sp³-hybridized carbons (Fsp3) is 0.389. The number of H-pyrrole nitrogens is 2. The Morgan fingerprint density at radius 3 is 3.00 bits per heavy atom. The van der Waals surface area contributed by atoms with Crippen LogP contribution in [0.3, 0.4) is 0 Å². The molecule has 5 nitrogen and oxygen atoms in total. The number of aromatic nitrogens is 3. The Balaban J connectivity index is 1.49. The molecule has 3 aromatic rings. The standard InChI is InChI=1S/C18H20N4OS2/c1-11-15(25-18(24)19-11)9-16(23)22-8-4-5-12(10-22)17-20-13-6-2-3-7-14(13)21-17/h2-3,6-7,12H,4-5,8-10H2,1H3,(H,19,24)(H,20,21)/t12-/m1/s1. The van der Waals surface area contributed by atoms with Gasteiger partial charge in [-0.25, -0.2) is 4.98 Å². The van der Waals surface area contributed by atoms with E-state index in [1.165, 1.54) is 11.3 Å². The van der Waals surface area contributed by atoms with Crippen LogP contribution in [-0.2, 0) is 11.2 Å². The molecule has 3 heterocycles. The lowest BCUT2D eigenvalue weighted by Crippen LogP contribution is -2.40. The molecule has 1 saturated heterocycles. The van der Waals surface area contributed by atoms with Crippen LogP contribution in [0.15, 0.2) is 24.3 Å². The number of rotatable bonds is 3. The van der Waals surface area contributed by atoms with Gasteiger partial charge in [-0.3, -0.25) is 4.79 Å². The maximum absolute atomic E-state index is 12.7. The third kappa shape index (κ3) is 3.39. The quantitative estimate of drug-likeness (QED) is 0.685. The number of amides is 1. The Kier molecular flexibility index (Phi) is 4.43. The molecule has 130 valence electrons. The first-order valence-electron chi connectivity index (χ1n) is 8.51. The summed E-state index contributed by atoms with van der Waals surface area (Å²) < 4.78 is 0.735. The van der Waals surface area contributed by atoms with E-state index in [1.54, 1.807) is 0 Å². The summed E-state index contributed by atoms with van der Waals surface area (Å²) >= 11 is 6.67. The number of para-hydroxylation sites is 2. The number of nitrogens with zero attached hydrogens (tertiary/aromatic N) is 2. The topological polar surface area (TPSA) is 64.8 Å². The van der Waals surface area contributed by atoms with Gasteiger partial charge in [0.1, 0.15) is 5.82 Å². The van der Waals surface area contributed by atoms with E-state index in [2.05, 4.69) is 9.97 Å². The van der Waals surface area contributed by atoms with Gasteiger partial charge in [0, 0.05) is 29.6 Å². The number of hydrogen-bond acceptors (Lipinski definition) is 4. The van der Waals surface area contributed by atoms with Gasteiger partial charge in [0.25, 0.3) is 0 Å². The Bertz CT molecular complexity index is 938. The van der Waals surface area contributed by atoms with E-state index in [0.29, 0.717) is 6.42 Å². The highest BCUT2D eigenvalue weighted by Gasteiger charge is 2.27. The lowest BCUT2D eigenvalue weighted by atomic mass is 9.97. The van der Waals surface area contributed by atoms with Crippen molar-refractivity contribution in [2.45, 2.75) is 32.1 Å². The number of likely N-dealkylation sites (tertiary alicyclic amines) is 1. The predicted octanol–water partition coefficient (Wildman–Crippen LogP) is 3.94. The van der Waals surface area contributed by atoms with E-state index in [0.717, 1.165) is 57.3 Å². The minimum absolute atomic E-state index is 0.175. The van der Waals surface area contributed by atoms with Gasteiger partial charge < -0.3 is 14.9 Å². The van der Waals surface area contributed by atoms with Crippen LogP contribution in [-0.4, -0.2) is 38.8 Å². The summed E-state index contributed by atoms with van der Waals surface area (Å²) in [6, 6.07) is 8.07. The molecule has 2 N–H and O–H groups in total. The van der Waals surface area contributed by atoms with Crippen LogP contribution >= 0.6 is 23.6 Å². The third-order valence-electron chi connectivity index (χ3n) is 4.80. The Morgan fingerprint density at radius 2 is 2.24 bits per heavy atom. The van der Waals surface area contributed by atoms with E-state index >= 15 is 0 Å². The first-order chi connectivity index (χ1) is 12.1. The molecule has 1 amide bonds. The lowest BCUT2D eigenvalue weighted by molar-refractivity contribution is -0.131. The van der Waals surface area contributed by atoms with Crippen molar-refractivity contribution in [1.29, 1.82) is 0 Å². The van der Waals surface area contributed by atoms with E-state index < -0.39 is 0 Å². The van der Waals surface area contributed by atoms with Crippen molar-refractivity contribution < 1.29 is 4.79 Å². The molecule has 0 unspecified atom stereocenters. The van der Waals surface area contributed by atoms with Crippen LogP contribution in [0.2, 0.25) is 0 Å². The van der Waals surface area contributed by atoms with E-state index in [9.17, 15) is 4.79 Å². The average Bonchev–Trinajstić information content (AvgIpc) is 3.18. The fourth-order valence-electron chi connectivity index (χ4n) is 3.45. The summed E-state index contributed by atoms with van der Waals surface area (Å²) in [5, 5.41) is 0. The number of piperidine rings is 1. The highest BCUT2D eigenvalue weighted by Crippen LogP contribution is 2.27. The molecular weight excluding hydrogens is 352 g/mol. The van der Waals surface area contributed by atoms with Crippen molar-refractivity contribution in [1.82, 2.24) is 19.9 Å². The highest BCUT2D eigenvalue weighted by atomic mass is 32.1. The number of thiazole rings is 1. The Morgan fingerprint density at radius 1 is 1.40 bits per heavy atom. The second-order valence-electron chi connectivity index (χ2n) is 6.56. The molecule has 0 saturated carbocycles. The molecule has 1 aliphatic heterocycles. The molecule has 2 aromatic heterocycles. The molecule has 0 radical (unpaired) electrons. The van der Waals surface area contributed by atoms with Crippen molar-refractivity contribution in [3.8, 4) is 0 Å². The van der Waals surface area contributed by atoms with Crippen LogP contribution in [0.4, 0.5) is 0 Å². The molecule has 0 bridgehead atoms. The zero-order chi connectivity index (χ0) is 17.4. The molecule has 25 heavy (non-hydrogen) atoms. The highest BCUT2D eigenvalue weighted by molar-refractivity contribution is 7.73. The van der Waals surface area contributed by atoms with Crippen LogP contribution in [0, 0.1) is 10.9 Å². The van der Waals surface area contributed by atoms with Crippen LogP contribution in [0.5, 0.6) is 0 Å². The number of benzene rings is 1. The number of carbonyl (C=O) groups excluding carboxylic acids is 1. The van der Waals surface area contributed by atoms with Gasteiger partial charge in [-0.1, -0.05) is 12.1 Å². The van der Waals surface area contributed by atoms with Gasteiger partial charge in [-0.2, -0.15) is 0 Å². The molecule has 4 rings (SSSR count). The maximum Gasteiger partial charge on any atom is 0.227 e. The first kappa shape index (κ1) is 16.5. The monoisotopic (exact) mass is 372 g/mol. The summed E-state index contributed by atoms with van der Waals surface area (Å²) in [4.78, 5) is 27.0. The smallest absolute Gasteiger partial charge is 0.227 e. The maximum atomic E-state index is 12.7. The summed E-state index contributed by atoms with van der Waals surface area (Å²) in [6.07, 6.45) is 2.50. The predicted molar refractivity (Wildman–Crippen MR) is 103 cm³/mol. The van der Waals surface area contributed by atoms with Gasteiger partial charge in [-0.15, -0.1) is 11.3 Å². The van der Waals surface area contributed by atoms with Crippen molar-refractivity contribution in [3.63, 3.8) is 0 Å². The lowest BCUT2D eigenvalue weighted by Gasteiger charge is -2.32. The summed E-state index contributed by atoms with van der Waals surface area (Å²) in [6.45, 7) is 3.53. The fourth-order valence-corrected chi connectivity index (χ4v) is 4.73. The molecule has 1 fully saturated rings. The van der Waals surface area contributed by atoms with Gasteiger partial charge >= 0.3 is 0 Å². The summed E-state index contributed by atoms with van der Waals surface area (Å²) in [7, 11) is 0. The number of aromatic amines is 2. The van der Waals surface area contributed by atoms with E-state index in [4.69, 9.17) is 17.2 Å². The van der Waals surface area contributed by atoms with Crippen LogP contribution in [0.25, 0.3) is 11.0 Å². The summed E-state index contributed by atoms with van der Waals surface area (Å²) in [5.41, 5.74) is 3.06. The number of hydrogen-bond donors (Lipinski definition) is 2. The second-order valence-corrected chi connectivity index (χ2v) is 8.33. The van der Waals surface area contributed by atoms with E-state index in [1.807, 2.05) is 36.1 Å². The minimum Gasteiger partial charge on any atom is -0.342 e. The molecular formula is C18H20N4OS2. The van der Waals surface area contributed by atoms with Crippen molar-refractivity contribution in [2.24, 2.45) is 0 Å². The zero-order valence-corrected chi connectivity index (χ0v) is 15.7. The molecule has 0 aliphatic carbocycles. The molecule has 7 heteroatoms. The SMILES string of the molecule is Cc1[nH]c(=S)sc1CC(=O)N1CCC[C@@H](c2nc3ccccc3[nH]2)C1. The van der Waals surface area contributed by atoms with Crippen molar-refractivity contribution in [3.05, 3.63) is 44.6 Å². The van der Waals surface area contributed by atoms with Gasteiger partial charge in [0.2, 0.25) is 5.91 Å². The number of fused-ring (bicyclic) bond motifs is 1. The molecule has 1 aliphatic rings. The Hall–Kier alpha value is -1.99. The number of imidazole rings is 1. The van der Waals surface area contributed by atoms with Crippen LogP contribution < -0.4 is 0 Å². The minimum atomic E-state index is 0.175. The first-order valence-corrected chi connectivity index (χ1v) is 9.73. The second kappa shape index (κ2) is 6.72. The third-order valence-corrected chi connectivity index (χ3v) is 6.14. The average molecular weight is 373 g/mol. The van der Waals surface area contributed by atoms with Crippen molar-refractivity contribution >= 4 is 40.5 Å². The molecule has 1 aromatic carbocycles. The summed E-state index contributed by atoms with van der Waals surface area (Å²) in [5.74, 6) is 1.44. The van der Waals surface area contributed by atoms with Gasteiger partial charge in [-0.05, 0) is 44.1 Å². The molecule has 1 atom stereocenters. The number of carbonyl (C=O) groups is 1. The number of aryl methyl sites for hydroxylation is 1. The zero-order valence-electron chi connectivity index (χ0n) is 14.0. The number of nitrogens with one attached hydrogen (secondary N) is 2. The Labute approximate surface area is 155 Å². The molecule has 0 spiro atoms. The van der Waals surface area contributed by atoms with Crippen LogP contribution in [0.1, 0.15) is 35.2 Å². The normalized spacial score (nSPS) is 18.0. The van der Waals surface area contributed by atoms with E-state index in [-0.39, 0.29) is 11.8 Å². The van der Waals surface area contributed by atoms with Gasteiger partial charge in [0.15, 0.2) is 3.95 Å². The van der Waals surface area contributed by atoms with Crippen molar-refractivity contribution in [2.75, 3.05) is 13.1 Å². The largest absolute Gasteiger partial charge is 0.342 e.